The van der Waals surface area contributed by atoms with E-state index >= 15 is 0 Å². The molecular formula is C7H14O2. The van der Waals surface area contributed by atoms with Crippen molar-refractivity contribution >= 4 is 0 Å². The van der Waals surface area contributed by atoms with Crippen molar-refractivity contribution in [3.8, 4) is 0 Å². The molecule has 2 rings (SSSR count). The first-order chi connectivity index (χ1) is 3.97. The molecule has 0 saturated carbocycles. The van der Waals surface area contributed by atoms with E-state index < -0.39 is 0 Å². The predicted octanol–water partition coefficient (Wildman–Crippen LogP) is 1.20. The van der Waals surface area contributed by atoms with Crippen molar-refractivity contribution in [3.63, 3.8) is 0 Å². The van der Waals surface area contributed by atoms with Crippen LogP contribution in [-0.2, 0) is 9.47 Å². The standard InChI is InChI=1S/C6H10O2.CH4/c1-3-7-6-2-4-8-5(1)6;/h5-6H,1-4H2;1H4/t5-,6-;/m1./s1. The summed E-state index contributed by atoms with van der Waals surface area (Å²) in [6, 6.07) is 0. The molecule has 0 unspecified atom stereocenters. The highest BCUT2D eigenvalue weighted by atomic mass is 16.6. The molecule has 0 aromatic rings. The van der Waals surface area contributed by atoms with Crippen LogP contribution in [0.15, 0.2) is 0 Å². The van der Waals surface area contributed by atoms with Gasteiger partial charge in [-0.3, -0.25) is 0 Å². The minimum Gasteiger partial charge on any atom is -0.375 e. The fraction of sp³-hybridized carbons (Fsp3) is 1.00. The van der Waals surface area contributed by atoms with Gasteiger partial charge in [0.25, 0.3) is 0 Å². The second-order valence-corrected chi connectivity index (χ2v) is 2.40. The molecular weight excluding hydrogens is 116 g/mol. The first kappa shape index (κ1) is 7.03. The molecule has 0 radical (unpaired) electrons. The van der Waals surface area contributed by atoms with Crippen LogP contribution in [0.5, 0.6) is 0 Å². The molecule has 2 heterocycles. The van der Waals surface area contributed by atoms with E-state index in [4.69, 9.17) is 9.47 Å². The molecule has 0 bridgehead atoms. The van der Waals surface area contributed by atoms with E-state index in [2.05, 4.69) is 0 Å². The van der Waals surface area contributed by atoms with Crippen molar-refractivity contribution in [3.05, 3.63) is 0 Å². The van der Waals surface area contributed by atoms with E-state index in [1.165, 1.54) is 0 Å². The summed E-state index contributed by atoms with van der Waals surface area (Å²) in [5.41, 5.74) is 0. The van der Waals surface area contributed by atoms with Gasteiger partial charge in [0.1, 0.15) is 0 Å². The number of hydrogen-bond donors (Lipinski definition) is 0. The van der Waals surface area contributed by atoms with Crippen LogP contribution in [0.1, 0.15) is 20.3 Å². The van der Waals surface area contributed by atoms with Gasteiger partial charge in [-0.25, -0.2) is 0 Å². The van der Waals surface area contributed by atoms with Crippen LogP contribution in [0.25, 0.3) is 0 Å². The molecule has 0 N–H and O–H groups in total. The third-order valence-corrected chi connectivity index (χ3v) is 1.88. The Morgan fingerprint density at radius 1 is 0.889 bits per heavy atom. The van der Waals surface area contributed by atoms with Crippen LogP contribution < -0.4 is 0 Å². The third kappa shape index (κ3) is 1.10. The summed E-state index contributed by atoms with van der Waals surface area (Å²) in [5, 5.41) is 0. The lowest BCUT2D eigenvalue weighted by Crippen LogP contribution is -2.13. The fourth-order valence-electron chi connectivity index (χ4n) is 1.42. The summed E-state index contributed by atoms with van der Waals surface area (Å²) in [6.45, 7) is 1.82. The SMILES string of the molecule is C.C1C[C@H]2OCC[C@H]2O1. The summed E-state index contributed by atoms with van der Waals surface area (Å²) in [4.78, 5) is 0. The fourth-order valence-corrected chi connectivity index (χ4v) is 1.42. The molecule has 54 valence electrons. The molecule has 2 nitrogen and oxygen atoms in total. The number of fused-ring (bicyclic) bond motifs is 1. The lowest BCUT2D eigenvalue weighted by atomic mass is 10.2. The molecule has 2 aliphatic rings. The summed E-state index contributed by atoms with van der Waals surface area (Å²) in [5.74, 6) is 0. The van der Waals surface area contributed by atoms with E-state index in [-0.39, 0.29) is 7.43 Å². The van der Waals surface area contributed by atoms with Crippen LogP contribution >= 0.6 is 0 Å². The summed E-state index contributed by atoms with van der Waals surface area (Å²) < 4.78 is 10.7. The first-order valence-corrected chi connectivity index (χ1v) is 3.20. The van der Waals surface area contributed by atoms with Crippen LogP contribution in [-0.4, -0.2) is 25.4 Å². The number of hydrogen-bond acceptors (Lipinski definition) is 2. The zero-order valence-electron chi connectivity index (χ0n) is 4.80. The summed E-state index contributed by atoms with van der Waals surface area (Å²) in [6.07, 6.45) is 3.14. The minimum atomic E-state index is 0. The van der Waals surface area contributed by atoms with Crippen molar-refractivity contribution in [2.45, 2.75) is 32.5 Å². The maximum atomic E-state index is 5.35. The van der Waals surface area contributed by atoms with Gasteiger partial charge in [-0.1, -0.05) is 7.43 Å². The Labute approximate surface area is 56.2 Å². The van der Waals surface area contributed by atoms with Crippen molar-refractivity contribution in [2.24, 2.45) is 0 Å². The van der Waals surface area contributed by atoms with Crippen LogP contribution in [0.3, 0.4) is 0 Å². The van der Waals surface area contributed by atoms with E-state index in [1.807, 2.05) is 0 Å². The Balaban J connectivity index is 0.000000405. The molecule has 0 aromatic heterocycles. The minimum absolute atomic E-state index is 0. The van der Waals surface area contributed by atoms with Gasteiger partial charge in [0, 0.05) is 13.2 Å². The Kier molecular flexibility index (Phi) is 2.09. The lowest BCUT2D eigenvalue weighted by Gasteiger charge is -2.03. The second-order valence-electron chi connectivity index (χ2n) is 2.40. The Morgan fingerprint density at radius 2 is 1.33 bits per heavy atom. The van der Waals surface area contributed by atoms with Crippen LogP contribution in [0.4, 0.5) is 0 Å². The summed E-state index contributed by atoms with van der Waals surface area (Å²) >= 11 is 0. The smallest absolute Gasteiger partial charge is 0.0859 e. The molecule has 2 heteroatoms. The molecule has 0 aromatic carbocycles. The monoisotopic (exact) mass is 130 g/mol. The average molecular weight is 130 g/mol. The zero-order chi connectivity index (χ0) is 5.40. The second kappa shape index (κ2) is 2.67. The molecule has 2 saturated heterocycles. The molecule has 2 aliphatic heterocycles. The molecule has 2 fully saturated rings. The number of rotatable bonds is 0. The van der Waals surface area contributed by atoms with E-state index in [0.717, 1.165) is 26.1 Å². The van der Waals surface area contributed by atoms with Gasteiger partial charge in [-0.05, 0) is 12.8 Å². The maximum absolute atomic E-state index is 5.35. The molecule has 2 atom stereocenters. The van der Waals surface area contributed by atoms with Gasteiger partial charge < -0.3 is 9.47 Å². The quantitative estimate of drug-likeness (QED) is 0.490. The van der Waals surface area contributed by atoms with Gasteiger partial charge >= 0.3 is 0 Å². The van der Waals surface area contributed by atoms with Crippen LogP contribution in [0.2, 0.25) is 0 Å². The lowest BCUT2D eigenvalue weighted by molar-refractivity contribution is 0.0732. The maximum Gasteiger partial charge on any atom is 0.0859 e. The first-order valence-electron chi connectivity index (χ1n) is 3.20. The topological polar surface area (TPSA) is 18.5 Å². The van der Waals surface area contributed by atoms with Gasteiger partial charge in [0.2, 0.25) is 0 Å². The number of ether oxygens (including phenoxy) is 2. The van der Waals surface area contributed by atoms with Crippen molar-refractivity contribution in [1.29, 1.82) is 0 Å². The van der Waals surface area contributed by atoms with Crippen LogP contribution in [0, 0.1) is 0 Å². The third-order valence-electron chi connectivity index (χ3n) is 1.88. The normalized spacial score (nSPS) is 40.0. The highest BCUT2D eigenvalue weighted by molar-refractivity contribution is 4.81. The molecule has 0 aliphatic carbocycles. The van der Waals surface area contributed by atoms with Crippen molar-refractivity contribution in [1.82, 2.24) is 0 Å². The summed E-state index contributed by atoms with van der Waals surface area (Å²) in [7, 11) is 0. The highest BCUT2D eigenvalue weighted by Gasteiger charge is 2.33. The molecule has 0 spiro atoms. The Morgan fingerprint density at radius 3 is 1.78 bits per heavy atom. The highest BCUT2D eigenvalue weighted by Crippen LogP contribution is 2.25. The van der Waals surface area contributed by atoms with Gasteiger partial charge in [-0.2, -0.15) is 0 Å². The largest absolute Gasteiger partial charge is 0.375 e. The molecule has 9 heavy (non-hydrogen) atoms. The van der Waals surface area contributed by atoms with Gasteiger partial charge in [0.05, 0.1) is 12.2 Å². The molecule has 0 amide bonds. The zero-order valence-corrected chi connectivity index (χ0v) is 4.80. The van der Waals surface area contributed by atoms with Crippen molar-refractivity contribution < 1.29 is 9.47 Å². The van der Waals surface area contributed by atoms with Crippen molar-refractivity contribution in [2.75, 3.05) is 13.2 Å². The average Bonchev–Trinajstić information content (AvgIpc) is 2.15. The van der Waals surface area contributed by atoms with Gasteiger partial charge in [0.15, 0.2) is 0 Å². The Bertz CT molecular complexity index is 72.9. The predicted molar refractivity (Wildman–Crippen MR) is 35.4 cm³/mol. The Hall–Kier alpha value is -0.0800. The van der Waals surface area contributed by atoms with E-state index in [0.29, 0.717) is 12.2 Å². The van der Waals surface area contributed by atoms with E-state index in [1.54, 1.807) is 0 Å². The van der Waals surface area contributed by atoms with Gasteiger partial charge in [-0.15, -0.1) is 0 Å². The van der Waals surface area contributed by atoms with E-state index in [9.17, 15) is 0 Å².